The number of thiol groups is 1. The highest BCUT2D eigenvalue weighted by atomic mass is 32.2. The van der Waals surface area contributed by atoms with E-state index in [1.54, 1.807) is 12.1 Å². The fraction of sp³-hybridized carbons (Fsp3) is 0.143. The van der Waals surface area contributed by atoms with Crippen LogP contribution in [-0.4, -0.2) is 14.3 Å². The topological polar surface area (TPSA) is 58.9 Å². The number of rotatable bonds is 3. The van der Waals surface area contributed by atoms with Gasteiger partial charge in [-0.2, -0.15) is 10.2 Å². The predicted molar refractivity (Wildman–Crippen MR) is 46.1 cm³/mol. The normalized spacial score (nSPS) is 11.1. The maximum absolute atomic E-state index is 10.1. The van der Waals surface area contributed by atoms with Crippen LogP contribution < -0.4 is 0 Å². The molecule has 0 aliphatic heterocycles. The molecule has 1 rings (SSSR count). The van der Waals surface area contributed by atoms with Gasteiger partial charge in [-0.15, -0.1) is 0 Å². The molecule has 0 aliphatic rings. The molecule has 0 heterocycles. The Labute approximate surface area is 71.9 Å². The van der Waals surface area contributed by atoms with E-state index >= 15 is 0 Å². The van der Waals surface area contributed by atoms with Gasteiger partial charge in [-0.25, -0.2) is 8.42 Å². The molecule has 0 spiro atoms. The Kier molecular flexibility index (Phi) is 3.40. The second kappa shape index (κ2) is 4.61. The molecule has 0 aromatic heterocycles. The van der Waals surface area contributed by atoms with Gasteiger partial charge < -0.3 is 0 Å². The van der Waals surface area contributed by atoms with Crippen LogP contribution in [0.3, 0.4) is 0 Å². The van der Waals surface area contributed by atoms with E-state index < -0.39 is 10.7 Å². The molecule has 0 amide bonds. The summed E-state index contributed by atoms with van der Waals surface area (Å²) in [6.45, 7) is 0. The number of hydrogen-bond acceptors (Lipinski definition) is 4. The molecule has 0 fully saturated rings. The molecule has 0 saturated carbocycles. The lowest BCUT2D eigenvalue weighted by atomic mass is 10.3. The molecule has 1 aromatic rings. The predicted octanol–water partition coefficient (Wildman–Crippen LogP) is 1.34. The first kappa shape index (κ1) is 8.86. The molecule has 0 N–H and O–H groups in total. The largest absolute Gasteiger partial charge is 0.230 e. The maximum atomic E-state index is 10.1. The van der Waals surface area contributed by atoms with Crippen LogP contribution in [0, 0.1) is 0 Å². The highest BCUT2D eigenvalue weighted by molar-refractivity contribution is 7.72. The molecule has 0 atom stereocenters. The Morgan fingerprint density at radius 1 is 1.17 bits per heavy atom. The van der Waals surface area contributed by atoms with Crippen molar-refractivity contribution in [2.24, 2.45) is 10.2 Å². The Morgan fingerprint density at radius 3 is 2.42 bits per heavy atom. The van der Waals surface area contributed by atoms with Gasteiger partial charge in [0.15, 0.2) is 16.6 Å². The van der Waals surface area contributed by atoms with Crippen LogP contribution in [0.1, 0.15) is 0 Å². The van der Waals surface area contributed by atoms with Gasteiger partial charge in [-0.1, -0.05) is 18.2 Å². The second-order valence-corrected chi connectivity index (χ2v) is 3.00. The van der Waals surface area contributed by atoms with Crippen LogP contribution in [0.25, 0.3) is 0 Å². The van der Waals surface area contributed by atoms with Gasteiger partial charge in [0.25, 0.3) is 0 Å². The summed E-state index contributed by atoms with van der Waals surface area (Å²) < 4.78 is 20.1. The van der Waals surface area contributed by atoms with E-state index in [4.69, 9.17) is 0 Å². The summed E-state index contributed by atoms with van der Waals surface area (Å²) in [4.78, 5) is 0. The van der Waals surface area contributed by atoms with Gasteiger partial charge in [-0.3, -0.25) is 0 Å². The van der Waals surface area contributed by atoms with E-state index in [0.29, 0.717) is 5.69 Å². The lowest BCUT2D eigenvalue weighted by molar-refractivity contribution is 0.614. The molecule has 5 heteroatoms. The first-order valence-corrected chi connectivity index (χ1v) is 4.69. The summed E-state index contributed by atoms with van der Waals surface area (Å²) in [5.74, 6) is -0.246. The van der Waals surface area contributed by atoms with Crippen LogP contribution >= 0.6 is 0 Å². The molecule has 64 valence electrons. The third kappa shape index (κ3) is 3.25. The van der Waals surface area contributed by atoms with Crippen molar-refractivity contribution >= 4 is 16.4 Å². The molecule has 0 aliphatic carbocycles. The molecule has 12 heavy (non-hydrogen) atoms. The summed E-state index contributed by atoms with van der Waals surface area (Å²) in [5, 5.41) is 7.16. The SMILES string of the molecule is O=[SH](=O)CN=Nc1ccccc1. The van der Waals surface area contributed by atoms with Crippen LogP contribution in [0.5, 0.6) is 0 Å². The molecule has 0 radical (unpaired) electrons. The van der Waals surface area contributed by atoms with Crippen molar-refractivity contribution in [3.8, 4) is 0 Å². The smallest absolute Gasteiger partial charge is 0.162 e. The average molecular weight is 184 g/mol. The summed E-state index contributed by atoms with van der Waals surface area (Å²) in [6.07, 6.45) is 0. The fourth-order valence-electron chi connectivity index (χ4n) is 0.660. The Hall–Kier alpha value is -1.23. The summed E-state index contributed by atoms with van der Waals surface area (Å²) in [5.41, 5.74) is 0.661. The zero-order valence-electron chi connectivity index (χ0n) is 6.25. The Bertz CT molecular complexity index is 325. The minimum atomic E-state index is -2.46. The van der Waals surface area contributed by atoms with Gasteiger partial charge in [0.2, 0.25) is 0 Å². The summed E-state index contributed by atoms with van der Waals surface area (Å²) in [6, 6.07) is 8.98. The zero-order valence-corrected chi connectivity index (χ0v) is 7.15. The van der Waals surface area contributed by atoms with Gasteiger partial charge in [0.05, 0.1) is 5.69 Å². The van der Waals surface area contributed by atoms with Crippen molar-refractivity contribution in [2.45, 2.75) is 0 Å². The Morgan fingerprint density at radius 2 is 1.83 bits per heavy atom. The van der Waals surface area contributed by atoms with Crippen LogP contribution in [0.2, 0.25) is 0 Å². The fourth-order valence-corrected chi connectivity index (χ4v) is 0.826. The van der Waals surface area contributed by atoms with Crippen LogP contribution in [0.4, 0.5) is 5.69 Å². The van der Waals surface area contributed by atoms with E-state index in [0.717, 1.165) is 0 Å². The quantitative estimate of drug-likeness (QED) is 0.569. The molecule has 4 nitrogen and oxygen atoms in total. The van der Waals surface area contributed by atoms with E-state index in [9.17, 15) is 8.42 Å². The van der Waals surface area contributed by atoms with Gasteiger partial charge in [0, 0.05) is 0 Å². The molecule has 0 saturated heterocycles. The second-order valence-electron chi connectivity index (χ2n) is 2.05. The highest BCUT2D eigenvalue weighted by Crippen LogP contribution is 2.09. The third-order valence-corrected chi connectivity index (χ3v) is 1.48. The van der Waals surface area contributed by atoms with E-state index in [1.165, 1.54) is 0 Å². The van der Waals surface area contributed by atoms with Gasteiger partial charge in [0.1, 0.15) is 0 Å². The lowest BCUT2D eigenvalue weighted by Gasteiger charge is -1.87. The van der Waals surface area contributed by atoms with Crippen molar-refractivity contribution in [3.05, 3.63) is 30.3 Å². The van der Waals surface area contributed by atoms with Gasteiger partial charge in [-0.05, 0) is 12.1 Å². The summed E-state index contributed by atoms with van der Waals surface area (Å²) in [7, 11) is -2.46. The van der Waals surface area contributed by atoms with Crippen molar-refractivity contribution < 1.29 is 8.42 Å². The van der Waals surface area contributed by atoms with E-state index in [2.05, 4.69) is 10.2 Å². The molecular weight excluding hydrogens is 176 g/mol. The monoisotopic (exact) mass is 184 g/mol. The maximum Gasteiger partial charge on any atom is 0.162 e. The van der Waals surface area contributed by atoms with Crippen LogP contribution in [0.15, 0.2) is 40.6 Å². The molecule has 0 unspecified atom stereocenters. The average Bonchev–Trinajstić information content (AvgIpc) is 2.05. The first-order chi connectivity index (χ1) is 5.79. The van der Waals surface area contributed by atoms with Crippen LogP contribution in [-0.2, 0) is 10.7 Å². The number of azo groups is 1. The standard InChI is InChI=1S/C7H8N2O2S/c10-12(11)6-8-9-7-4-2-1-3-5-7/h1-5,12H,6H2. The van der Waals surface area contributed by atoms with Crippen molar-refractivity contribution in [3.63, 3.8) is 0 Å². The van der Waals surface area contributed by atoms with Gasteiger partial charge >= 0.3 is 0 Å². The van der Waals surface area contributed by atoms with E-state index in [1.807, 2.05) is 18.2 Å². The number of nitrogens with zero attached hydrogens (tertiary/aromatic N) is 2. The lowest BCUT2D eigenvalue weighted by Crippen LogP contribution is -1.78. The zero-order chi connectivity index (χ0) is 8.81. The first-order valence-electron chi connectivity index (χ1n) is 3.33. The molecule has 1 aromatic carbocycles. The van der Waals surface area contributed by atoms with Crippen molar-refractivity contribution in [2.75, 3.05) is 5.88 Å². The Balaban J connectivity index is 2.58. The number of hydrogen-bond donors (Lipinski definition) is 1. The molecular formula is C7H8N2O2S. The van der Waals surface area contributed by atoms with Crippen molar-refractivity contribution in [1.29, 1.82) is 0 Å². The minimum Gasteiger partial charge on any atom is -0.230 e. The highest BCUT2D eigenvalue weighted by Gasteiger charge is 1.84. The molecule has 0 bridgehead atoms. The third-order valence-electron chi connectivity index (χ3n) is 1.12. The van der Waals surface area contributed by atoms with Crippen molar-refractivity contribution in [1.82, 2.24) is 0 Å². The van der Waals surface area contributed by atoms with E-state index in [-0.39, 0.29) is 5.88 Å². The minimum absolute atomic E-state index is 0.246. The number of benzene rings is 1. The summed E-state index contributed by atoms with van der Waals surface area (Å²) >= 11 is 0.